The number of phenolic OH excluding ortho intramolecular Hbond substituents is 1. The van der Waals surface area contributed by atoms with Gasteiger partial charge in [0.1, 0.15) is 11.9 Å². The topological polar surface area (TPSA) is 58.9 Å². The molecule has 0 radical (unpaired) electrons. The molecule has 3 atom stereocenters. The van der Waals surface area contributed by atoms with Crippen molar-refractivity contribution in [1.29, 1.82) is 0 Å². The SMILES string of the molecule is CC(C)(C)[Si](C)(C)O[C@H]1C[C@H](c2cccc(O)c2)O[C@@H]1CO. The number of aromatic hydroxyl groups is 1. The molecule has 2 rings (SSSR count). The van der Waals surface area contributed by atoms with Crippen molar-refractivity contribution in [3.05, 3.63) is 29.8 Å². The van der Waals surface area contributed by atoms with E-state index >= 15 is 0 Å². The molecule has 0 amide bonds. The molecule has 2 N–H and O–H groups in total. The largest absolute Gasteiger partial charge is 0.508 e. The maximum absolute atomic E-state index is 9.63. The van der Waals surface area contributed by atoms with Gasteiger partial charge in [-0.3, -0.25) is 0 Å². The Balaban J connectivity index is 2.13. The van der Waals surface area contributed by atoms with Crippen molar-refractivity contribution in [3.63, 3.8) is 0 Å². The van der Waals surface area contributed by atoms with Crippen LogP contribution in [0.15, 0.2) is 24.3 Å². The lowest BCUT2D eigenvalue weighted by molar-refractivity contribution is -0.0195. The summed E-state index contributed by atoms with van der Waals surface area (Å²) in [7, 11) is -1.91. The van der Waals surface area contributed by atoms with Crippen molar-refractivity contribution in [3.8, 4) is 5.75 Å². The first-order chi connectivity index (χ1) is 10.1. The van der Waals surface area contributed by atoms with Crippen LogP contribution in [0.25, 0.3) is 0 Å². The van der Waals surface area contributed by atoms with Crippen LogP contribution in [-0.2, 0) is 9.16 Å². The number of aliphatic hydroxyl groups excluding tert-OH is 1. The van der Waals surface area contributed by atoms with E-state index in [9.17, 15) is 10.2 Å². The zero-order valence-corrected chi connectivity index (χ0v) is 15.2. The number of benzene rings is 1. The Morgan fingerprint density at radius 2 is 2.00 bits per heavy atom. The van der Waals surface area contributed by atoms with E-state index in [0.29, 0.717) is 6.42 Å². The number of aliphatic hydroxyl groups is 1. The molecular weight excluding hydrogens is 296 g/mol. The molecule has 1 aromatic rings. The van der Waals surface area contributed by atoms with Crippen LogP contribution in [0.4, 0.5) is 0 Å². The van der Waals surface area contributed by atoms with Gasteiger partial charge in [-0.1, -0.05) is 32.9 Å². The molecule has 1 aliphatic heterocycles. The van der Waals surface area contributed by atoms with Gasteiger partial charge >= 0.3 is 0 Å². The third-order valence-electron chi connectivity index (χ3n) is 4.87. The standard InChI is InChI=1S/C17H28O4Si/c1-17(2,3)22(4,5)21-15-10-14(20-16(15)11-18)12-7-6-8-13(19)9-12/h6-9,14-16,18-19H,10-11H2,1-5H3/t14-,15+,16-/m1/s1. The molecule has 1 heterocycles. The summed E-state index contributed by atoms with van der Waals surface area (Å²) >= 11 is 0. The van der Waals surface area contributed by atoms with Crippen LogP contribution in [0.2, 0.25) is 18.1 Å². The second-order valence-electron chi connectivity index (χ2n) is 7.59. The molecule has 5 heteroatoms. The molecule has 4 nitrogen and oxygen atoms in total. The van der Waals surface area contributed by atoms with Gasteiger partial charge in [0, 0.05) is 6.42 Å². The number of hydrogen-bond acceptors (Lipinski definition) is 4. The number of rotatable bonds is 4. The van der Waals surface area contributed by atoms with E-state index in [0.717, 1.165) is 5.56 Å². The van der Waals surface area contributed by atoms with Crippen LogP contribution in [0.1, 0.15) is 38.9 Å². The Hall–Kier alpha value is -0.883. The molecule has 0 unspecified atom stereocenters. The summed E-state index contributed by atoms with van der Waals surface area (Å²) in [6.07, 6.45) is 0.167. The lowest BCUT2D eigenvalue weighted by Gasteiger charge is -2.39. The van der Waals surface area contributed by atoms with Crippen LogP contribution in [-0.4, -0.2) is 37.3 Å². The van der Waals surface area contributed by atoms with Crippen molar-refractivity contribution in [1.82, 2.24) is 0 Å². The van der Waals surface area contributed by atoms with E-state index in [2.05, 4.69) is 33.9 Å². The summed E-state index contributed by atoms with van der Waals surface area (Å²) < 4.78 is 12.4. The molecule has 124 valence electrons. The van der Waals surface area contributed by atoms with Gasteiger partial charge in [0.15, 0.2) is 8.32 Å². The highest BCUT2D eigenvalue weighted by molar-refractivity contribution is 6.74. The quantitative estimate of drug-likeness (QED) is 0.831. The fourth-order valence-corrected chi connectivity index (χ4v) is 3.85. The molecule has 1 fully saturated rings. The molecule has 1 aliphatic rings. The maximum atomic E-state index is 9.63. The lowest BCUT2D eigenvalue weighted by Crippen LogP contribution is -2.46. The molecule has 0 aliphatic carbocycles. The van der Waals surface area contributed by atoms with Gasteiger partial charge in [-0.2, -0.15) is 0 Å². The van der Waals surface area contributed by atoms with E-state index in [1.54, 1.807) is 12.1 Å². The van der Waals surface area contributed by atoms with Crippen LogP contribution < -0.4 is 0 Å². The Kier molecular flexibility index (Phi) is 5.02. The van der Waals surface area contributed by atoms with Gasteiger partial charge in [-0.05, 0) is 35.8 Å². The van der Waals surface area contributed by atoms with Crippen LogP contribution in [0.5, 0.6) is 5.75 Å². The third-order valence-corrected chi connectivity index (χ3v) is 9.38. The fourth-order valence-electron chi connectivity index (χ4n) is 2.50. The molecule has 1 aromatic carbocycles. The molecule has 0 bridgehead atoms. The summed E-state index contributed by atoms with van der Waals surface area (Å²) in [4.78, 5) is 0. The van der Waals surface area contributed by atoms with Crippen molar-refractivity contribution in [2.75, 3.05) is 6.61 Å². The highest BCUT2D eigenvalue weighted by atomic mass is 28.4. The first-order valence-corrected chi connectivity index (χ1v) is 10.8. The summed E-state index contributed by atoms with van der Waals surface area (Å²) in [6.45, 7) is 11.0. The third kappa shape index (κ3) is 3.71. The summed E-state index contributed by atoms with van der Waals surface area (Å²) in [5.74, 6) is 0.232. The van der Waals surface area contributed by atoms with Crippen LogP contribution in [0, 0.1) is 0 Å². The normalized spacial score (nSPS) is 26.4. The molecule has 1 saturated heterocycles. The summed E-state index contributed by atoms with van der Waals surface area (Å²) in [6, 6.07) is 7.11. The van der Waals surface area contributed by atoms with Crippen LogP contribution >= 0.6 is 0 Å². The van der Waals surface area contributed by atoms with Gasteiger partial charge in [-0.15, -0.1) is 0 Å². The minimum absolute atomic E-state index is 0.0470. The summed E-state index contributed by atoms with van der Waals surface area (Å²) in [5.41, 5.74) is 0.930. The van der Waals surface area contributed by atoms with Gasteiger partial charge < -0.3 is 19.4 Å². The first kappa shape index (κ1) is 17.5. The second kappa shape index (κ2) is 6.32. The minimum atomic E-state index is -1.91. The van der Waals surface area contributed by atoms with Gasteiger partial charge in [-0.25, -0.2) is 0 Å². The van der Waals surface area contributed by atoms with E-state index in [4.69, 9.17) is 9.16 Å². The minimum Gasteiger partial charge on any atom is -0.508 e. The van der Waals surface area contributed by atoms with Crippen molar-refractivity contribution >= 4 is 8.32 Å². The molecular formula is C17H28O4Si. The lowest BCUT2D eigenvalue weighted by atomic mass is 10.0. The predicted molar refractivity (Wildman–Crippen MR) is 89.5 cm³/mol. The Bertz CT molecular complexity index is 510. The monoisotopic (exact) mass is 324 g/mol. The number of phenols is 1. The average Bonchev–Trinajstić information content (AvgIpc) is 2.79. The average molecular weight is 324 g/mol. The Labute approximate surface area is 134 Å². The predicted octanol–water partition coefficient (Wildman–Crippen LogP) is 3.60. The van der Waals surface area contributed by atoms with Gasteiger partial charge in [0.25, 0.3) is 0 Å². The maximum Gasteiger partial charge on any atom is 0.192 e. The molecule has 0 aromatic heterocycles. The molecule has 0 spiro atoms. The van der Waals surface area contributed by atoms with Gasteiger partial charge in [0.2, 0.25) is 0 Å². The number of ether oxygens (including phenoxy) is 1. The van der Waals surface area contributed by atoms with Crippen molar-refractivity contribution in [2.45, 2.75) is 63.6 Å². The van der Waals surface area contributed by atoms with E-state index < -0.39 is 8.32 Å². The van der Waals surface area contributed by atoms with E-state index in [-0.39, 0.29) is 35.7 Å². The van der Waals surface area contributed by atoms with E-state index in [1.807, 2.05) is 12.1 Å². The van der Waals surface area contributed by atoms with E-state index in [1.165, 1.54) is 0 Å². The van der Waals surface area contributed by atoms with Crippen molar-refractivity contribution in [2.24, 2.45) is 0 Å². The highest BCUT2D eigenvalue weighted by Gasteiger charge is 2.44. The second-order valence-corrected chi connectivity index (χ2v) is 12.3. The highest BCUT2D eigenvalue weighted by Crippen LogP contribution is 2.42. The zero-order valence-electron chi connectivity index (χ0n) is 14.2. The Morgan fingerprint density at radius 1 is 1.32 bits per heavy atom. The molecule has 0 saturated carbocycles. The fraction of sp³-hybridized carbons (Fsp3) is 0.647. The number of hydrogen-bond donors (Lipinski definition) is 2. The van der Waals surface area contributed by atoms with Crippen LogP contribution in [0.3, 0.4) is 0 Å². The Morgan fingerprint density at radius 3 is 2.55 bits per heavy atom. The first-order valence-electron chi connectivity index (χ1n) is 7.87. The zero-order chi connectivity index (χ0) is 16.5. The van der Waals surface area contributed by atoms with Gasteiger partial charge in [0.05, 0.1) is 18.8 Å². The summed E-state index contributed by atoms with van der Waals surface area (Å²) in [5, 5.41) is 19.4. The molecule has 22 heavy (non-hydrogen) atoms. The van der Waals surface area contributed by atoms with Crippen molar-refractivity contribution < 1.29 is 19.4 Å². The smallest absolute Gasteiger partial charge is 0.192 e.